The molecule has 7 heteroatoms. The summed E-state index contributed by atoms with van der Waals surface area (Å²) in [6, 6.07) is 17.5. The van der Waals surface area contributed by atoms with Crippen LogP contribution in [0.3, 0.4) is 0 Å². The molecule has 128 valence electrons. The number of rotatable bonds is 7. The van der Waals surface area contributed by atoms with Gasteiger partial charge in [-0.2, -0.15) is 0 Å². The second-order valence-corrected chi connectivity index (χ2v) is 8.10. The normalized spacial score (nSPS) is 12.4. The summed E-state index contributed by atoms with van der Waals surface area (Å²) in [7, 11) is 1.59. The first-order valence-electron chi connectivity index (χ1n) is 7.42. The second kappa shape index (κ2) is 8.70. The van der Waals surface area contributed by atoms with Gasteiger partial charge in [0.05, 0.1) is 5.75 Å². The number of benzene rings is 2. The minimum atomic E-state index is -3.74. The number of aryl methyl sites for hydroxylation is 1. The van der Waals surface area contributed by atoms with E-state index in [2.05, 4.69) is 5.32 Å². The highest BCUT2D eigenvalue weighted by atomic mass is 35.7. The molecule has 24 heavy (non-hydrogen) atoms. The number of hydrogen-bond acceptors (Lipinski definition) is 4. The topological polar surface area (TPSA) is 72.5 Å². The van der Waals surface area contributed by atoms with Crippen molar-refractivity contribution >= 4 is 25.8 Å². The molecule has 2 aromatic rings. The molecule has 5 nitrogen and oxygen atoms in total. The summed E-state index contributed by atoms with van der Waals surface area (Å²) in [5, 5.41) is 2.57. The van der Waals surface area contributed by atoms with Crippen LogP contribution in [0.2, 0.25) is 0 Å². The number of nitrogens with one attached hydrogen (secondary N) is 1. The summed E-state index contributed by atoms with van der Waals surface area (Å²) in [5.41, 5.74) is 1.05. The summed E-state index contributed by atoms with van der Waals surface area (Å²) >= 11 is 0. The van der Waals surface area contributed by atoms with Crippen LogP contribution in [-0.4, -0.2) is 26.3 Å². The van der Waals surface area contributed by atoms with Gasteiger partial charge in [0.15, 0.2) is 0 Å². The van der Waals surface area contributed by atoms with Crippen molar-refractivity contribution in [1.82, 2.24) is 5.32 Å². The predicted octanol–water partition coefficient (Wildman–Crippen LogP) is 3.35. The molecule has 0 heterocycles. The number of para-hydroxylation sites is 1. The molecule has 0 unspecified atom stereocenters. The molecule has 0 fully saturated rings. The SMILES string of the molecule is O=C(N[C@@H](CCc1ccccc1)CS(=O)(=O)Cl)Oc1ccccc1. The van der Waals surface area contributed by atoms with Crippen LogP contribution >= 0.6 is 10.7 Å². The minimum Gasteiger partial charge on any atom is -0.410 e. The van der Waals surface area contributed by atoms with E-state index in [-0.39, 0.29) is 5.75 Å². The van der Waals surface area contributed by atoms with Crippen molar-refractivity contribution in [1.29, 1.82) is 0 Å². The first kappa shape index (κ1) is 18.3. The predicted molar refractivity (Wildman–Crippen MR) is 93.8 cm³/mol. The van der Waals surface area contributed by atoms with Crippen LogP contribution in [0.4, 0.5) is 4.79 Å². The molecule has 0 radical (unpaired) electrons. The van der Waals surface area contributed by atoms with E-state index in [9.17, 15) is 13.2 Å². The molecule has 1 atom stereocenters. The van der Waals surface area contributed by atoms with Gasteiger partial charge in [-0.05, 0) is 30.5 Å². The Bertz CT molecular complexity index is 751. The van der Waals surface area contributed by atoms with Gasteiger partial charge in [0.2, 0.25) is 9.05 Å². The Hall–Kier alpha value is -2.05. The lowest BCUT2D eigenvalue weighted by Crippen LogP contribution is -2.40. The third kappa shape index (κ3) is 7.02. The van der Waals surface area contributed by atoms with Gasteiger partial charge >= 0.3 is 6.09 Å². The average molecular weight is 368 g/mol. The maximum Gasteiger partial charge on any atom is 0.412 e. The third-order valence-corrected chi connectivity index (χ3v) is 4.48. The number of amides is 1. The van der Waals surface area contributed by atoms with Gasteiger partial charge in [-0.15, -0.1) is 0 Å². The third-order valence-electron chi connectivity index (χ3n) is 3.30. The van der Waals surface area contributed by atoms with Crippen LogP contribution in [0.25, 0.3) is 0 Å². The van der Waals surface area contributed by atoms with Crippen molar-refractivity contribution in [2.75, 3.05) is 5.75 Å². The highest BCUT2D eigenvalue weighted by Gasteiger charge is 2.20. The van der Waals surface area contributed by atoms with Gasteiger partial charge in [0.25, 0.3) is 0 Å². The fourth-order valence-corrected chi connectivity index (χ4v) is 3.40. The highest BCUT2D eigenvalue weighted by Crippen LogP contribution is 2.11. The number of halogens is 1. The maximum atomic E-state index is 11.9. The zero-order valence-corrected chi connectivity index (χ0v) is 14.5. The summed E-state index contributed by atoms with van der Waals surface area (Å²) in [6.45, 7) is 0. The van der Waals surface area contributed by atoms with Crippen LogP contribution in [0.5, 0.6) is 5.75 Å². The average Bonchev–Trinajstić information content (AvgIpc) is 2.53. The maximum absolute atomic E-state index is 11.9. The summed E-state index contributed by atoms with van der Waals surface area (Å²) in [6.07, 6.45) is 0.336. The molecule has 0 aliphatic rings. The van der Waals surface area contributed by atoms with Crippen LogP contribution in [0.1, 0.15) is 12.0 Å². The molecule has 0 aliphatic heterocycles. The molecule has 0 bridgehead atoms. The van der Waals surface area contributed by atoms with Gasteiger partial charge in [-0.3, -0.25) is 0 Å². The zero-order chi connectivity index (χ0) is 17.4. The fraction of sp³-hybridized carbons (Fsp3) is 0.235. The largest absolute Gasteiger partial charge is 0.412 e. The number of carbonyl (C=O) groups excluding carboxylic acids is 1. The van der Waals surface area contributed by atoms with E-state index in [0.717, 1.165) is 5.56 Å². The van der Waals surface area contributed by atoms with Crippen LogP contribution in [0.15, 0.2) is 60.7 Å². The molecule has 0 saturated carbocycles. The van der Waals surface area contributed by atoms with Crippen molar-refractivity contribution in [3.05, 3.63) is 66.2 Å². The Labute approximate surface area is 146 Å². The van der Waals surface area contributed by atoms with Gasteiger partial charge in [0, 0.05) is 16.7 Å². The van der Waals surface area contributed by atoms with Crippen molar-refractivity contribution in [3.8, 4) is 5.75 Å². The Morgan fingerprint density at radius 1 is 1.04 bits per heavy atom. The van der Waals surface area contributed by atoms with E-state index in [0.29, 0.717) is 18.6 Å². The summed E-state index contributed by atoms with van der Waals surface area (Å²) in [4.78, 5) is 11.9. The van der Waals surface area contributed by atoms with E-state index in [1.807, 2.05) is 30.3 Å². The van der Waals surface area contributed by atoms with Crippen LogP contribution in [-0.2, 0) is 15.5 Å². The Morgan fingerprint density at radius 2 is 1.62 bits per heavy atom. The molecule has 1 amide bonds. The van der Waals surface area contributed by atoms with Crippen molar-refractivity contribution in [2.24, 2.45) is 0 Å². The van der Waals surface area contributed by atoms with Gasteiger partial charge in [-0.25, -0.2) is 13.2 Å². The van der Waals surface area contributed by atoms with Crippen LogP contribution < -0.4 is 10.1 Å². The molecular formula is C17H18ClNO4S. The molecular weight excluding hydrogens is 350 g/mol. The first-order valence-corrected chi connectivity index (χ1v) is 9.90. The lowest BCUT2D eigenvalue weighted by molar-refractivity contribution is 0.196. The van der Waals surface area contributed by atoms with Crippen LogP contribution in [0, 0.1) is 0 Å². The van der Waals surface area contributed by atoms with Gasteiger partial charge in [-0.1, -0.05) is 48.5 Å². The van der Waals surface area contributed by atoms with Crippen molar-refractivity contribution < 1.29 is 17.9 Å². The van der Waals surface area contributed by atoms with Gasteiger partial charge in [0.1, 0.15) is 5.75 Å². The molecule has 0 aliphatic carbocycles. The quantitative estimate of drug-likeness (QED) is 0.762. The smallest absolute Gasteiger partial charge is 0.410 e. The molecule has 2 aromatic carbocycles. The van der Waals surface area contributed by atoms with Gasteiger partial charge < -0.3 is 10.1 Å². The number of ether oxygens (including phenoxy) is 1. The summed E-state index contributed by atoms with van der Waals surface area (Å²) < 4.78 is 27.9. The molecule has 1 N–H and O–H groups in total. The molecule has 0 aromatic heterocycles. The highest BCUT2D eigenvalue weighted by molar-refractivity contribution is 8.13. The summed E-state index contributed by atoms with van der Waals surface area (Å²) in [5.74, 6) is 0.0243. The Morgan fingerprint density at radius 3 is 2.21 bits per heavy atom. The molecule has 0 spiro atoms. The van der Waals surface area contributed by atoms with E-state index >= 15 is 0 Å². The van der Waals surface area contributed by atoms with E-state index in [1.54, 1.807) is 30.3 Å². The van der Waals surface area contributed by atoms with E-state index < -0.39 is 21.2 Å². The lowest BCUT2D eigenvalue weighted by atomic mass is 10.1. The fourth-order valence-electron chi connectivity index (χ4n) is 2.21. The Kier molecular flexibility index (Phi) is 6.63. The minimum absolute atomic E-state index is 0.356. The number of carbonyl (C=O) groups is 1. The second-order valence-electron chi connectivity index (χ2n) is 5.27. The zero-order valence-electron chi connectivity index (χ0n) is 12.9. The Balaban J connectivity index is 1.96. The first-order chi connectivity index (χ1) is 11.4. The monoisotopic (exact) mass is 367 g/mol. The number of hydrogen-bond donors (Lipinski definition) is 1. The standard InChI is InChI=1S/C17H18ClNO4S/c18-24(21,22)13-15(12-11-14-7-3-1-4-8-14)19-17(20)23-16-9-5-2-6-10-16/h1-10,15H,11-13H2,(H,19,20)/t15-/m0/s1. The molecule has 2 rings (SSSR count). The van der Waals surface area contributed by atoms with E-state index in [4.69, 9.17) is 15.4 Å². The lowest BCUT2D eigenvalue weighted by Gasteiger charge is -2.17. The van der Waals surface area contributed by atoms with Crippen molar-refractivity contribution in [3.63, 3.8) is 0 Å². The molecule has 0 saturated heterocycles. The van der Waals surface area contributed by atoms with Crippen molar-refractivity contribution in [2.45, 2.75) is 18.9 Å². The van der Waals surface area contributed by atoms with E-state index in [1.165, 1.54) is 0 Å².